The molecule has 3 nitrogen and oxygen atoms in total. The Balaban J connectivity index is 2.14. The van der Waals surface area contributed by atoms with Gasteiger partial charge in [-0.15, -0.1) is 0 Å². The first-order chi connectivity index (χ1) is 8.89. The Morgan fingerprint density at radius 1 is 1.21 bits per heavy atom. The highest BCUT2D eigenvalue weighted by Crippen LogP contribution is 2.41. The molecule has 3 unspecified atom stereocenters. The Labute approximate surface area is 117 Å². The Morgan fingerprint density at radius 3 is 2.58 bits per heavy atom. The van der Waals surface area contributed by atoms with Gasteiger partial charge in [0.2, 0.25) is 0 Å². The van der Waals surface area contributed by atoms with Crippen LogP contribution in [0.4, 0.5) is 0 Å². The van der Waals surface area contributed by atoms with Gasteiger partial charge in [-0.2, -0.15) is 0 Å². The minimum atomic E-state index is -0.613. The number of rotatable bonds is 2. The zero-order valence-electron chi connectivity index (χ0n) is 12.7. The summed E-state index contributed by atoms with van der Waals surface area (Å²) in [7, 11) is 0. The monoisotopic (exact) mass is 267 g/mol. The lowest BCUT2D eigenvalue weighted by atomic mass is 9.70. The van der Waals surface area contributed by atoms with Crippen molar-refractivity contribution >= 4 is 5.97 Å². The first kappa shape index (κ1) is 14.8. The van der Waals surface area contributed by atoms with Gasteiger partial charge >= 0.3 is 5.97 Å². The predicted molar refractivity (Wildman–Crippen MR) is 77.2 cm³/mol. The van der Waals surface area contributed by atoms with Crippen LogP contribution in [0.15, 0.2) is 0 Å². The molecule has 0 radical (unpaired) electrons. The smallest absolute Gasteiger partial charge is 0.320 e. The standard InChI is InChI=1S/C16H29NO2/c1-12-9-13(11-16(2,3)10-12)17-8-6-4-5-7-14(17)15(18)19/h12-14H,4-11H2,1-3H3,(H,18,19). The maximum atomic E-state index is 11.6. The molecule has 3 heteroatoms. The van der Waals surface area contributed by atoms with E-state index in [-0.39, 0.29) is 6.04 Å². The average Bonchev–Trinajstić information content (AvgIpc) is 2.50. The quantitative estimate of drug-likeness (QED) is 0.832. The molecule has 0 bridgehead atoms. The second-order valence-corrected chi connectivity index (χ2v) is 7.51. The number of carboxylic acid groups (broad SMARTS) is 1. The molecular formula is C16H29NO2. The second kappa shape index (κ2) is 5.82. The first-order valence-corrected chi connectivity index (χ1v) is 7.87. The van der Waals surface area contributed by atoms with Crippen LogP contribution >= 0.6 is 0 Å². The van der Waals surface area contributed by atoms with Gasteiger partial charge in [-0.1, -0.05) is 33.6 Å². The molecule has 1 saturated carbocycles. The molecule has 19 heavy (non-hydrogen) atoms. The normalized spacial score (nSPS) is 36.7. The molecule has 0 spiro atoms. The summed E-state index contributed by atoms with van der Waals surface area (Å²) in [6, 6.07) is 0.228. The minimum absolute atomic E-state index is 0.242. The summed E-state index contributed by atoms with van der Waals surface area (Å²) in [4.78, 5) is 13.9. The van der Waals surface area contributed by atoms with Crippen molar-refractivity contribution in [3.8, 4) is 0 Å². The fourth-order valence-corrected chi connectivity index (χ4v) is 4.38. The summed E-state index contributed by atoms with van der Waals surface area (Å²) in [6.45, 7) is 7.97. The largest absolute Gasteiger partial charge is 0.480 e. The van der Waals surface area contributed by atoms with Crippen molar-refractivity contribution in [2.45, 2.75) is 77.8 Å². The van der Waals surface area contributed by atoms with Crippen molar-refractivity contribution in [1.29, 1.82) is 0 Å². The predicted octanol–water partition coefficient (Wildman–Crippen LogP) is 3.53. The lowest BCUT2D eigenvalue weighted by Crippen LogP contribution is -2.50. The van der Waals surface area contributed by atoms with Crippen molar-refractivity contribution in [2.75, 3.05) is 6.54 Å². The van der Waals surface area contributed by atoms with Gasteiger partial charge in [0.05, 0.1) is 0 Å². The van der Waals surface area contributed by atoms with Gasteiger partial charge in [0, 0.05) is 6.04 Å². The fraction of sp³-hybridized carbons (Fsp3) is 0.938. The van der Waals surface area contributed by atoms with Crippen LogP contribution in [0.25, 0.3) is 0 Å². The van der Waals surface area contributed by atoms with Crippen LogP contribution in [0.1, 0.15) is 65.7 Å². The summed E-state index contributed by atoms with van der Waals surface area (Å²) in [5.41, 5.74) is 0.359. The van der Waals surface area contributed by atoms with Crippen LogP contribution in [0.5, 0.6) is 0 Å². The summed E-state index contributed by atoms with van der Waals surface area (Å²) < 4.78 is 0. The minimum Gasteiger partial charge on any atom is -0.480 e. The summed E-state index contributed by atoms with van der Waals surface area (Å²) in [6.07, 6.45) is 7.85. The van der Waals surface area contributed by atoms with Crippen LogP contribution in [-0.4, -0.2) is 34.6 Å². The molecular weight excluding hydrogens is 238 g/mol. The number of carboxylic acids is 1. The van der Waals surface area contributed by atoms with Gasteiger partial charge in [-0.05, 0) is 50.0 Å². The van der Waals surface area contributed by atoms with Gasteiger partial charge in [0.1, 0.15) is 6.04 Å². The number of carbonyl (C=O) groups is 1. The van der Waals surface area contributed by atoms with Crippen molar-refractivity contribution < 1.29 is 9.90 Å². The molecule has 2 fully saturated rings. The zero-order chi connectivity index (χ0) is 14.0. The molecule has 110 valence electrons. The molecule has 1 N–H and O–H groups in total. The van der Waals surface area contributed by atoms with Crippen molar-refractivity contribution in [1.82, 2.24) is 4.90 Å². The van der Waals surface area contributed by atoms with Crippen LogP contribution < -0.4 is 0 Å². The van der Waals surface area contributed by atoms with E-state index in [4.69, 9.17) is 0 Å². The highest BCUT2D eigenvalue weighted by Gasteiger charge is 2.39. The molecule has 2 aliphatic rings. The Hall–Kier alpha value is -0.570. The van der Waals surface area contributed by atoms with Gasteiger partial charge in [-0.3, -0.25) is 9.69 Å². The first-order valence-electron chi connectivity index (χ1n) is 7.87. The number of likely N-dealkylation sites (tertiary alicyclic amines) is 1. The van der Waals surface area contributed by atoms with E-state index >= 15 is 0 Å². The third-order valence-corrected chi connectivity index (χ3v) is 4.91. The van der Waals surface area contributed by atoms with E-state index in [1.165, 1.54) is 19.3 Å². The highest BCUT2D eigenvalue weighted by molar-refractivity contribution is 5.73. The van der Waals surface area contributed by atoms with Gasteiger partial charge in [-0.25, -0.2) is 0 Å². The van der Waals surface area contributed by atoms with E-state index in [9.17, 15) is 9.90 Å². The molecule has 0 aromatic carbocycles. The van der Waals surface area contributed by atoms with Crippen LogP contribution in [0.2, 0.25) is 0 Å². The van der Waals surface area contributed by atoms with Crippen molar-refractivity contribution in [2.24, 2.45) is 11.3 Å². The van der Waals surface area contributed by atoms with Crippen LogP contribution in [-0.2, 0) is 4.79 Å². The molecule has 1 aliphatic heterocycles. The number of hydrogen-bond acceptors (Lipinski definition) is 2. The Bertz CT molecular complexity index is 327. The number of hydrogen-bond donors (Lipinski definition) is 1. The van der Waals surface area contributed by atoms with Crippen molar-refractivity contribution in [3.05, 3.63) is 0 Å². The van der Waals surface area contributed by atoms with E-state index < -0.39 is 5.97 Å². The summed E-state index contributed by atoms with van der Waals surface area (Å²) in [5, 5.41) is 9.52. The van der Waals surface area contributed by atoms with Crippen molar-refractivity contribution in [3.63, 3.8) is 0 Å². The fourth-order valence-electron chi connectivity index (χ4n) is 4.38. The van der Waals surface area contributed by atoms with Gasteiger partial charge in [0.15, 0.2) is 0 Å². The topological polar surface area (TPSA) is 40.5 Å². The zero-order valence-corrected chi connectivity index (χ0v) is 12.7. The highest BCUT2D eigenvalue weighted by atomic mass is 16.4. The SMILES string of the molecule is CC1CC(N2CCCCCC2C(=O)O)CC(C)(C)C1. The van der Waals surface area contributed by atoms with Gasteiger partial charge < -0.3 is 5.11 Å². The van der Waals surface area contributed by atoms with Crippen LogP contribution in [0.3, 0.4) is 0 Å². The van der Waals surface area contributed by atoms with Crippen LogP contribution in [0, 0.1) is 11.3 Å². The molecule has 0 aromatic rings. The number of aliphatic carboxylic acids is 1. The van der Waals surface area contributed by atoms with E-state index in [1.807, 2.05) is 0 Å². The van der Waals surface area contributed by atoms with Gasteiger partial charge in [0.25, 0.3) is 0 Å². The van der Waals surface area contributed by atoms with E-state index in [0.717, 1.165) is 32.2 Å². The lowest BCUT2D eigenvalue weighted by Gasteiger charge is -2.45. The molecule has 2 rings (SSSR count). The molecule has 0 amide bonds. The molecule has 1 aliphatic carbocycles. The third-order valence-electron chi connectivity index (χ3n) is 4.91. The molecule has 1 saturated heterocycles. The lowest BCUT2D eigenvalue weighted by molar-refractivity contribution is -0.145. The maximum absolute atomic E-state index is 11.6. The molecule has 0 aromatic heterocycles. The Kier molecular flexibility index (Phi) is 4.54. The van der Waals surface area contributed by atoms with E-state index in [2.05, 4.69) is 25.7 Å². The Morgan fingerprint density at radius 2 is 1.95 bits per heavy atom. The molecule has 3 atom stereocenters. The van der Waals surface area contributed by atoms with E-state index in [0.29, 0.717) is 17.4 Å². The summed E-state index contributed by atoms with van der Waals surface area (Å²) >= 11 is 0. The third kappa shape index (κ3) is 3.71. The average molecular weight is 267 g/mol. The summed E-state index contributed by atoms with van der Waals surface area (Å²) in [5.74, 6) is 0.101. The van der Waals surface area contributed by atoms with E-state index in [1.54, 1.807) is 0 Å². The molecule has 1 heterocycles. The number of nitrogens with zero attached hydrogens (tertiary/aromatic N) is 1. The maximum Gasteiger partial charge on any atom is 0.320 e. The second-order valence-electron chi connectivity index (χ2n) is 7.51.